The number of hydrogen-bond donors (Lipinski definition) is 0. The predicted octanol–water partition coefficient (Wildman–Crippen LogP) is 4.30. The second kappa shape index (κ2) is 9.59. The molecule has 230 valence electrons. The zero-order chi connectivity index (χ0) is 31.0. The minimum Gasteiger partial charge on any atom is -0.492 e. The normalized spacial score (nSPS) is 38.7. The minimum absolute atomic E-state index is 0.00763. The lowest BCUT2D eigenvalue weighted by Crippen LogP contribution is -2.66. The second-order valence-electron chi connectivity index (χ2n) is 14.3. The first-order chi connectivity index (χ1) is 20.1. The molecule has 1 aromatic carbocycles. The SMILES string of the molecule is CC1(C)COC(=O)[C@]2(C)C[C@]3(C)OC(=O)C=C(OCc4ccc(cc4)COC4=CC(=O)O[C@@]5(C)C[C@@](C)(C(=O)OC1)C45)C23. The maximum Gasteiger partial charge on any atom is 0.334 e. The van der Waals surface area contributed by atoms with Crippen LogP contribution in [0.5, 0.6) is 0 Å². The van der Waals surface area contributed by atoms with Gasteiger partial charge in [0, 0.05) is 18.3 Å². The maximum atomic E-state index is 13.5. The highest BCUT2D eigenvalue weighted by molar-refractivity contribution is 5.88. The van der Waals surface area contributed by atoms with Crippen molar-refractivity contribution in [3.05, 3.63) is 59.1 Å². The van der Waals surface area contributed by atoms with Gasteiger partial charge in [-0.15, -0.1) is 0 Å². The third-order valence-corrected chi connectivity index (χ3v) is 9.64. The van der Waals surface area contributed by atoms with Gasteiger partial charge in [0.25, 0.3) is 0 Å². The van der Waals surface area contributed by atoms with E-state index < -0.39 is 63.2 Å². The number of carbonyl (C=O) groups excluding carboxylic acids is 4. The summed E-state index contributed by atoms with van der Waals surface area (Å²) in [4.78, 5) is 51.9. The van der Waals surface area contributed by atoms with Crippen LogP contribution in [0, 0.1) is 28.1 Å². The monoisotopic (exact) mass is 594 g/mol. The van der Waals surface area contributed by atoms with Gasteiger partial charge in [0.2, 0.25) is 0 Å². The van der Waals surface area contributed by atoms with E-state index in [1.54, 1.807) is 27.7 Å². The van der Waals surface area contributed by atoms with E-state index in [9.17, 15) is 19.2 Å². The average molecular weight is 595 g/mol. The molecule has 2 bridgehead atoms. The first-order valence-corrected chi connectivity index (χ1v) is 14.6. The van der Waals surface area contributed by atoms with Crippen LogP contribution in [0.25, 0.3) is 0 Å². The van der Waals surface area contributed by atoms with Crippen molar-refractivity contribution in [3.63, 3.8) is 0 Å². The summed E-state index contributed by atoms with van der Waals surface area (Å²) in [5.41, 5.74) is -2.71. The Morgan fingerprint density at radius 3 is 1.33 bits per heavy atom. The van der Waals surface area contributed by atoms with Crippen LogP contribution in [0.2, 0.25) is 0 Å². The Balaban J connectivity index is 1.30. The highest BCUT2D eigenvalue weighted by atomic mass is 16.6. The Morgan fingerprint density at radius 2 is 0.953 bits per heavy atom. The van der Waals surface area contributed by atoms with Crippen molar-refractivity contribution in [1.82, 2.24) is 0 Å². The van der Waals surface area contributed by atoms with Crippen LogP contribution >= 0.6 is 0 Å². The third-order valence-electron chi connectivity index (χ3n) is 9.64. The lowest BCUT2D eigenvalue weighted by atomic mass is 9.51. The van der Waals surface area contributed by atoms with Crippen LogP contribution in [0.15, 0.2) is 47.9 Å². The van der Waals surface area contributed by atoms with E-state index in [0.29, 0.717) is 24.4 Å². The molecule has 0 saturated heterocycles. The zero-order valence-electron chi connectivity index (χ0n) is 25.4. The molecule has 0 amide bonds. The predicted molar refractivity (Wildman–Crippen MR) is 149 cm³/mol. The first kappa shape index (κ1) is 29.3. The van der Waals surface area contributed by atoms with E-state index in [0.717, 1.165) is 11.1 Å². The Labute approximate surface area is 250 Å². The molecule has 6 atom stereocenters. The third kappa shape index (κ3) is 4.79. The van der Waals surface area contributed by atoms with Crippen molar-refractivity contribution < 1.29 is 47.6 Å². The number of benzene rings is 1. The molecule has 7 rings (SSSR count). The van der Waals surface area contributed by atoms with Gasteiger partial charge in [0.05, 0.1) is 48.0 Å². The first-order valence-electron chi connectivity index (χ1n) is 14.6. The van der Waals surface area contributed by atoms with Crippen molar-refractivity contribution in [2.24, 2.45) is 28.1 Å². The summed E-state index contributed by atoms with van der Waals surface area (Å²) in [6, 6.07) is 7.54. The van der Waals surface area contributed by atoms with E-state index in [1.165, 1.54) is 12.2 Å². The molecule has 0 radical (unpaired) electrons. The maximum absolute atomic E-state index is 13.5. The van der Waals surface area contributed by atoms with Crippen molar-refractivity contribution in [1.29, 1.82) is 0 Å². The smallest absolute Gasteiger partial charge is 0.334 e. The fourth-order valence-electron chi connectivity index (χ4n) is 7.88. The highest BCUT2D eigenvalue weighted by Gasteiger charge is 2.70. The van der Waals surface area contributed by atoms with Crippen molar-refractivity contribution >= 4 is 23.9 Å². The molecule has 2 unspecified atom stereocenters. The summed E-state index contributed by atoms with van der Waals surface area (Å²) in [7, 11) is 0. The summed E-state index contributed by atoms with van der Waals surface area (Å²) in [6.07, 6.45) is 3.20. The fraction of sp³-hybridized carbons (Fsp3) is 0.576. The Morgan fingerprint density at radius 1 is 0.581 bits per heavy atom. The molecule has 0 N–H and O–H groups in total. The van der Waals surface area contributed by atoms with Crippen molar-refractivity contribution in [3.8, 4) is 0 Å². The number of fused-ring (bicyclic) bond motifs is 10. The standard InChI is InChI=1S/C33H38O10/c1-29(2)17-40-27(36)30(3)15-32(5)25(30)21(11-23(34)42-32)38-13-19-7-9-20(10-8-19)14-39-22-12-24(35)43-33(6)16-31(4,26(22)33)28(37)41-18-29/h7-12,25-26H,13-18H2,1-6H3/t25?,26?,30-,31-,32+,33+/m1/s1. The van der Waals surface area contributed by atoms with Gasteiger partial charge in [-0.2, -0.15) is 0 Å². The molecule has 1 aromatic rings. The minimum atomic E-state index is -0.973. The van der Waals surface area contributed by atoms with Crippen LogP contribution < -0.4 is 0 Å². The van der Waals surface area contributed by atoms with Gasteiger partial charge in [-0.1, -0.05) is 38.1 Å². The topological polar surface area (TPSA) is 124 Å². The summed E-state index contributed by atoms with van der Waals surface area (Å²) in [5, 5.41) is 0. The number of esters is 4. The van der Waals surface area contributed by atoms with Gasteiger partial charge in [0.15, 0.2) is 0 Å². The van der Waals surface area contributed by atoms with Crippen molar-refractivity contribution in [2.45, 2.75) is 78.8 Å². The summed E-state index contributed by atoms with van der Waals surface area (Å²) < 4.78 is 35.2. The second-order valence-corrected chi connectivity index (χ2v) is 14.3. The molecule has 2 aliphatic carbocycles. The van der Waals surface area contributed by atoms with E-state index in [-0.39, 0.29) is 26.4 Å². The van der Waals surface area contributed by atoms with Crippen LogP contribution in [-0.2, 0) is 60.8 Å². The van der Waals surface area contributed by atoms with Gasteiger partial charge in [-0.05, 0) is 38.8 Å². The highest BCUT2D eigenvalue weighted by Crippen LogP contribution is 2.62. The van der Waals surface area contributed by atoms with E-state index >= 15 is 0 Å². The molecule has 6 aliphatic rings. The summed E-state index contributed by atoms with van der Waals surface area (Å²) in [5.74, 6) is -2.14. The summed E-state index contributed by atoms with van der Waals surface area (Å²) in [6.45, 7) is 11.3. The molecule has 0 aromatic heterocycles. The summed E-state index contributed by atoms with van der Waals surface area (Å²) >= 11 is 0. The molecular weight excluding hydrogens is 556 g/mol. The zero-order valence-corrected chi connectivity index (χ0v) is 25.4. The molecule has 10 nitrogen and oxygen atoms in total. The molecule has 4 heterocycles. The van der Waals surface area contributed by atoms with Crippen LogP contribution in [0.1, 0.15) is 65.5 Å². The number of hydrogen-bond acceptors (Lipinski definition) is 10. The lowest BCUT2D eigenvalue weighted by molar-refractivity contribution is -0.229. The molecular formula is C33H38O10. The van der Waals surface area contributed by atoms with Crippen LogP contribution in [0.3, 0.4) is 0 Å². The van der Waals surface area contributed by atoms with Gasteiger partial charge in [0.1, 0.15) is 35.9 Å². The fourth-order valence-corrected chi connectivity index (χ4v) is 7.88. The quantitative estimate of drug-likeness (QED) is 0.317. The molecule has 4 aliphatic heterocycles. The molecule has 43 heavy (non-hydrogen) atoms. The molecule has 0 spiro atoms. The van der Waals surface area contributed by atoms with E-state index in [2.05, 4.69) is 0 Å². The van der Waals surface area contributed by atoms with Gasteiger partial charge >= 0.3 is 23.9 Å². The number of carbonyl (C=O) groups is 4. The van der Waals surface area contributed by atoms with Gasteiger partial charge < -0.3 is 28.4 Å². The molecule has 2 saturated carbocycles. The Kier molecular flexibility index (Phi) is 6.53. The van der Waals surface area contributed by atoms with Crippen LogP contribution in [-0.4, -0.2) is 48.3 Å². The van der Waals surface area contributed by atoms with E-state index in [4.69, 9.17) is 28.4 Å². The Bertz CT molecular complexity index is 1350. The number of rotatable bonds is 0. The number of ether oxygens (including phenoxy) is 6. The Hall–Kier alpha value is -3.82. The van der Waals surface area contributed by atoms with E-state index in [1.807, 2.05) is 38.1 Å². The average Bonchev–Trinajstić information content (AvgIpc) is 2.90. The van der Waals surface area contributed by atoms with Crippen LogP contribution in [0.4, 0.5) is 0 Å². The largest absolute Gasteiger partial charge is 0.492 e. The molecule has 10 heteroatoms. The lowest BCUT2D eigenvalue weighted by Gasteiger charge is -2.58. The van der Waals surface area contributed by atoms with Gasteiger partial charge in [-0.3, -0.25) is 9.59 Å². The van der Waals surface area contributed by atoms with Gasteiger partial charge in [-0.25, -0.2) is 9.59 Å². The molecule has 2 fully saturated rings. The van der Waals surface area contributed by atoms with Crippen molar-refractivity contribution in [2.75, 3.05) is 13.2 Å².